The number of benzene rings is 1. The summed E-state index contributed by atoms with van der Waals surface area (Å²) in [5, 5.41) is 4.93. The number of aromatic nitrogens is 5. The van der Waals surface area contributed by atoms with Crippen molar-refractivity contribution in [3.8, 4) is 11.3 Å². The predicted molar refractivity (Wildman–Crippen MR) is 131 cm³/mol. The average Bonchev–Trinajstić information content (AvgIpc) is 3.40. The molecule has 2 atom stereocenters. The minimum absolute atomic E-state index is 0.0223. The number of ether oxygens (including phenoxy) is 1. The van der Waals surface area contributed by atoms with Crippen molar-refractivity contribution in [2.45, 2.75) is 43.7 Å². The number of anilines is 1. The third-order valence-corrected chi connectivity index (χ3v) is 7.98. The molecule has 1 aliphatic heterocycles. The highest BCUT2D eigenvalue weighted by Crippen LogP contribution is 2.41. The molecule has 4 heterocycles. The van der Waals surface area contributed by atoms with Crippen LogP contribution in [0.5, 0.6) is 0 Å². The van der Waals surface area contributed by atoms with Crippen molar-refractivity contribution < 1.29 is 13.5 Å². The maximum atomic E-state index is 15.0. The second kappa shape index (κ2) is 8.76. The molecule has 35 heavy (non-hydrogen) atoms. The Morgan fingerprint density at radius 2 is 1.94 bits per heavy atom. The first-order chi connectivity index (χ1) is 16.9. The average molecular weight is 517 g/mol. The molecule has 1 saturated heterocycles. The van der Waals surface area contributed by atoms with E-state index in [-0.39, 0.29) is 22.6 Å². The van der Waals surface area contributed by atoms with Gasteiger partial charge in [0, 0.05) is 43.9 Å². The summed E-state index contributed by atoms with van der Waals surface area (Å²) in [6.45, 7) is 0.546. The van der Waals surface area contributed by atoms with Gasteiger partial charge in [-0.2, -0.15) is 10.1 Å². The van der Waals surface area contributed by atoms with Gasteiger partial charge in [0.1, 0.15) is 22.2 Å². The minimum Gasteiger partial charge on any atom is -0.373 e. The lowest BCUT2D eigenvalue weighted by Crippen LogP contribution is -2.20. The molecular formula is C24H23ClF2N6OS. The first-order valence-electron chi connectivity index (χ1n) is 11.5. The largest absolute Gasteiger partial charge is 0.373 e. The van der Waals surface area contributed by atoms with E-state index in [1.54, 1.807) is 0 Å². The lowest BCUT2D eigenvalue weighted by Gasteiger charge is -2.28. The Morgan fingerprint density at radius 3 is 2.71 bits per heavy atom. The Kier molecular flexibility index (Phi) is 5.69. The minimum atomic E-state index is -0.701. The fourth-order valence-electron chi connectivity index (χ4n) is 4.41. The third-order valence-electron chi connectivity index (χ3n) is 6.47. The fourth-order valence-corrected chi connectivity index (χ4v) is 5.49. The van der Waals surface area contributed by atoms with Crippen LogP contribution in [-0.4, -0.2) is 45.4 Å². The highest BCUT2D eigenvalue weighted by Gasteiger charge is 2.31. The van der Waals surface area contributed by atoms with Crippen LogP contribution in [0.25, 0.3) is 21.6 Å². The number of fused-ring (bicyclic) bond motifs is 1. The van der Waals surface area contributed by atoms with Gasteiger partial charge in [-0.3, -0.25) is 4.68 Å². The van der Waals surface area contributed by atoms with Crippen LogP contribution in [0.3, 0.4) is 0 Å². The van der Waals surface area contributed by atoms with Gasteiger partial charge in [-0.1, -0.05) is 22.9 Å². The number of nitrogens with zero attached hydrogens (tertiary/aromatic N) is 6. The molecule has 2 fully saturated rings. The van der Waals surface area contributed by atoms with Crippen LogP contribution in [0.1, 0.15) is 55.1 Å². The number of hydrogen-bond acceptors (Lipinski definition) is 7. The van der Waals surface area contributed by atoms with E-state index < -0.39 is 11.6 Å². The Balaban J connectivity index is 1.41. The summed E-state index contributed by atoms with van der Waals surface area (Å²) in [6.07, 6.45) is 7.53. The van der Waals surface area contributed by atoms with Crippen molar-refractivity contribution in [2.24, 2.45) is 0 Å². The Bertz CT molecular complexity index is 1420. The molecule has 4 aromatic rings. The van der Waals surface area contributed by atoms with Gasteiger partial charge in [-0.25, -0.2) is 18.7 Å². The lowest BCUT2D eigenvalue weighted by atomic mass is 9.92. The van der Waals surface area contributed by atoms with E-state index in [1.165, 1.54) is 11.3 Å². The second-order valence-electron chi connectivity index (χ2n) is 9.29. The van der Waals surface area contributed by atoms with Crippen molar-refractivity contribution in [1.29, 1.82) is 0 Å². The van der Waals surface area contributed by atoms with E-state index in [1.807, 2.05) is 29.9 Å². The van der Waals surface area contributed by atoms with E-state index in [9.17, 15) is 8.78 Å². The fraction of sp³-hybridized carbons (Fsp3) is 0.417. The summed E-state index contributed by atoms with van der Waals surface area (Å²) in [6, 6.07) is 2.58. The van der Waals surface area contributed by atoms with Gasteiger partial charge < -0.3 is 9.64 Å². The van der Waals surface area contributed by atoms with E-state index in [4.69, 9.17) is 26.3 Å². The molecule has 3 aromatic heterocycles. The molecular weight excluding hydrogens is 494 g/mol. The van der Waals surface area contributed by atoms with Crippen LogP contribution in [0, 0.1) is 11.6 Å². The first-order valence-corrected chi connectivity index (χ1v) is 12.7. The normalized spacial score (nSPS) is 20.5. The monoisotopic (exact) mass is 516 g/mol. The zero-order chi connectivity index (χ0) is 24.3. The molecule has 0 spiro atoms. The number of halogens is 3. The summed E-state index contributed by atoms with van der Waals surface area (Å²) < 4.78 is 38.0. The van der Waals surface area contributed by atoms with E-state index in [2.05, 4.69) is 16.3 Å². The molecule has 1 aromatic carbocycles. The van der Waals surface area contributed by atoms with E-state index in [0.717, 1.165) is 37.0 Å². The Hall–Kier alpha value is -2.69. The molecule has 1 saturated carbocycles. The van der Waals surface area contributed by atoms with Gasteiger partial charge >= 0.3 is 0 Å². The van der Waals surface area contributed by atoms with E-state index in [0.29, 0.717) is 46.1 Å². The highest BCUT2D eigenvalue weighted by atomic mass is 35.5. The molecule has 2 aliphatic rings. The number of rotatable bonds is 5. The van der Waals surface area contributed by atoms with Crippen molar-refractivity contribution in [3.05, 3.63) is 52.6 Å². The smallest absolute Gasteiger partial charge is 0.187 e. The highest BCUT2D eigenvalue weighted by molar-refractivity contribution is 7.22. The van der Waals surface area contributed by atoms with Gasteiger partial charge in [-0.05, 0) is 37.8 Å². The molecule has 0 N–H and O–H groups in total. The van der Waals surface area contributed by atoms with Gasteiger partial charge in [0.2, 0.25) is 0 Å². The van der Waals surface area contributed by atoms with Gasteiger partial charge in [-0.15, -0.1) is 0 Å². The van der Waals surface area contributed by atoms with Crippen LogP contribution in [0.4, 0.5) is 13.9 Å². The molecule has 11 heteroatoms. The number of hydrogen-bond donors (Lipinski definition) is 0. The van der Waals surface area contributed by atoms with Crippen LogP contribution in [0.15, 0.2) is 24.5 Å². The summed E-state index contributed by atoms with van der Waals surface area (Å²) in [5.41, 5.74) is 1.88. The van der Waals surface area contributed by atoms with Gasteiger partial charge in [0.15, 0.2) is 10.8 Å². The summed E-state index contributed by atoms with van der Waals surface area (Å²) in [4.78, 5) is 16.1. The maximum Gasteiger partial charge on any atom is 0.187 e. The maximum absolute atomic E-state index is 15.0. The summed E-state index contributed by atoms with van der Waals surface area (Å²) >= 11 is 7.15. The zero-order valence-corrected chi connectivity index (χ0v) is 20.8. The molecule has 0 radical (unpaired) electrons. The molecule has 6 rings (SSSR count). The van der Waals surface area contributed by atoms with Crippen LogP contribution >= 0.6 is 22.9 Å². The molecule has 0 bridgehead atoms. The van der Waals surface area contributed by atoms with Gasteiger partial charge in [0.05, 0.1) is 29.1 Å². The van der Waals surface area contributed by atoms with Crippen LogP contribution in [-0.2, 0) is 4.74 Å². The first kappa shape index (κ1) is 22.8. The van der Waals surface area contributed by atoms with Crippen molar-refractivity contribution in [1.82, 2.24) is 24.7 Å². The lowest BCUT2D eigenvalue weighted by molar-refractivity contribution is 0.00396. The molecule has 0 unspecified atom stereocenters. The second-order valence-corrected chi connectivity index (χ2v) is 10.7. The van der Waals surface area contributed by atoms with Crippen molar-refractivity contribution >= 4 is 38.4 Å². The summed E-state index contributed by atoms with van der Waals surface area (Å²) in [5.74, 6) is -0.807. The van der Waals surface area contributed by atoms with Crippen molar-refractivity contribution in [2.75, 3.05) is 25.6 Å². The van der Waals surface area contributed by atoms with Crippen LogP contribution in [0.2, 0.25) is 5.02 Å². The van der Waals surface area contributed by atoms with E-state index >= 15 is 0 Å². The predicted octanol–water partition coefficient (Wildman–Crippen LogP) is 5.92. The topological polar surface area (TPSA) is 69.0 Å². The standard InChI is InChI=1S/C24H23ClF2N6OS/c1-32(2)24-31-23-21(35-24)20(15-8-18(27)16(25)9-17(15)26)29-22(30-23)12-5-6-34-19(7-12)13-10-28-33(11-13)14-3-4-14/h8-12,14,19H,3-7H2,1-2H3/t12-,19+/m0/s1. The molecule has 182 valence electrons. The van der Waals surface area contributed by atoms with Crippen LogP contribution < -0.4 is 4.90 Å². The summed E-state index contributed by atoms with van der Waals surface area (Å²) in [7, 11) is 3.75. The SMILES string of the molecule is CN(C)c1nc2nc([C@H]3CCO[C@@H](c4cnn(C5CC5)c4)C3)nc(-c3cc(F)c(Cl)cc3F)c2s1. The van der Waals surface area contributed by atoms with Crippen molar-refractivity contribution in [3.63, 3.8) is 0 Å². The number of thiazole rings is 1. The third kappa shape index (κ3) is 4.28. The quantitative estimate of drug-likeness (QED) is 0.307. The van der Waals surface area contributed by atoms with Gasteiger partial charge in [0.25, 0.3) is 0 Å². The molecule has 1 aliphatic carbocycles. The zero-order valence-electron chi connectivity index (χ0n) is 19.2. The molecule has 0 amide bonds. The Labute approximate surface area is 209 Å². The molecule has 7 nitrogen and oxygen atoms in total. The Morgan fingerprint density at radius 1 is 1.11 bits per heavy atom.